The van der Waals surface area contributed by atoms with Gasteiger partial charge in [-0.2, -0.15) is 0 Å². The Kier molecular flexibility index (Phi) is 5.12. The first-order valence-electron chi connectivity index (χ1n) is 6.76. The Labute approximate surface area is 133 Å². The number of hydrogen-bond acceptors (Lipinski definition) is 3. The summed E-state index contributed by atoms with van der Waals surface area (Å²) in [6.45, 7) is 1.72. The van der Waals surface area contributed by atoms with Crippen LogP contribution in [0.4, 0.5) is 11.4 Å². The van der Waals surface area contributed by atoms with Crippen LogP contribution >= 0.6 is 11.6 Å². The number of carbonyl (C=O) groups is 1. The van der Waals surface area contributed by atoms with Gasteiger partial charge in [0, 0.05) is 17.5 Å². The molecule has 6 heteroatoms. The normalized spacial score (nSPS) is 10.3. The highest BCUT2D eigenvalue weighted by Gasteiger charge is 2.17. The van der Waals surface area contributed by atoms with Gasteiger partial charge in [0.25, 0.3) is 5.69 Å². The first-order chi connectivity index (χ1) is 10.5. The summed E-state index contributed by atoms with van der Waals surface area (Å²) in [6, 6.07) is 12.0. The topological polar surface area (TPSA) is 72.2 Å². The third-order valence-electron chi connectivity index (χ3n) is 3.29. The molecule has 0 bridgehead atoms. The van der Waals surface area contributed by atoms with E-state index in [1.807, 2.05) is 18.2 Å². The zero-order valence-corrected chi connectivity index (χ0v) is 12.8. The Balaban J connectivity index is 2.07. The molecule has 1 amide bonds. The fourth-order valence-electron chi connectivity index (χ4n) is 2.12. The number of rotatable bonds is 5. The molecule has 0 saturated heterocycles. The molecule has 0 aliphatic heterocycles. The molecule has 2 rings (SSSR count). The summed E-state index contributed by atoms with van der Waals surface area (Å²) in [7, 11) is 0. The summed E-state index contributed by atoms with van der Waals surface area (Å²) in [6.07, 6.45) is 0.681. The number of halogens is 1. The lowest BCUT2D eigenvalue weighted by Gasteiger charge is -2.09. The summed E-state index contributed by atoms with van der Waals surface area (Å²) in [5.41, 5.74) is 1.67. The van der Waals surface area contributed by atoms with Crippen LogP contribution in [0.1, 0.15) is 17.5 Å². The summed E-state index contributed by atoms with van der Waals surface area (Å²) in [4.78, 5) is 22.6. The van der Waals surface area contributed by atoms with Gasteiger partial charge >= 0.3 is 0 Å². The lowest BCUT2D eigenvalue weighted by molar-refractivity contribution is -0.384. The zero-order valence-electron chi connectivity index (χ0n) is 12.0. The molecule has 0 heterocycles. The number of benzene rings is 2. The standard InChI is InChI=1S/C16H15ClN2O3/c1-11-5-4-8-14(19(21)22)16(11)18-15(20)10-9-12-6-2-3-7-13(12)17/h2-8H,9-10H2,1H3,(H,18,20). The van der Waals surface area contributed by atoms with Crippen LogP contribution in [0.5, 0.6) is 0 Å². The van der Waals surface area contributed by atoms with Gasteiger partial charge in [0.05, 0.1) is 4.92 Å². The van der Waals surface area contributed by atoms with E-state index in [0.29, 0.717) is 17.0 Å². The van der Waals surface area contributed by atoms with Gasteiger partial charge in [-0.1, -0.05) is 41.9 Å². The summed E-state index contributed by atoms with van der Waals surface area (Å²) < 4.78 is 0. The van der Waals surface area contributed by atoms with Crippen LogP contribution in [-0.2, 0) is 11.2 Å². The minimum absolute atomic E-state index is 0.105. The maximum absolute atomic E-state index is 12.0. The Morgan fingerprint density at radius 1 is 1.23 bits per heavy atom. The van der Waals surface area contributed by atoms with E-state index in [4.69, 9.17) is 11.6 Å². The van der Waals surface area contributed by atoms with E-state index in [-0.39, 0.29) is 23.7 Å². The molecule has 114 valence electrons. The van der Waals surface area contributed by atoms with Gasteiger partial charge in [-0.05, 0) is 30.5 Å². The number of nitrogens with one attached hydrogen (secondary N) is 1. The fourth-order valence-corrected chi connectivity index (χ4v) is 2.35. The van der Waals surface area contributed by atoms with Gasteiger partial charge in [0.1, 0.15) is 5.69 Å². The Morgan fingerprint density at radius 2 is 1.95 bits per heavy atom. The molecular formula is C16H15ClN2O3. The lowest BCUT2D eigenvalue weighted by Crippen LogP contribution is -2.14. The monoisotopic (exact) mass is 318 g/mol. The predicted octanol–water partition coefficient (Wildman–Crippen LogP) is 4.13. The molecule has 0 fully saturated rings. The Morgan fingerprint density at radius 3 is 2.64 bits per heavy atom. The minimum atomic E-state index is -0.503. The number of carbonyl (C=O) groups excluding carboxylic acids is 1. The van der Waals surface area contributed by atoms with Crippen molar-refractivity contribution in [1.82, 2.24) is 0 Å². The van der Waals surface area contributed by atoms with E-state index >= 15 is 0 Å². The Hall–Kier alpha value is -2.40. The molecule has 2 aromatic carbocycles. The first kappa shape index (κ1) is 16.0. The third-order valence-corrected chi connectivity index (χ3v) is 3.66. The van der Waals surface area contributed by atoms with Crippen LogP contribution in [0.3, 0.4) is 0 Å². The number of para-hydroxylation sites is 1. The van der Waals surface area contributed by atoms with Crippen molar-refractivity contribution in [2.75, 3.05) is 5.32 Å². The van der Waals surface area contributed by atoms with Gasteiger partial charge in [0.2, 0.25) is 5.91 Å². The quantitative estimate of drug-likeness (QED) is 0.665. The van der Waals surface area contributed by atoms with Gasteiger partial charge < -0.3 is 5.32 Å². The van der Waals surface area contributed by atoms with E-state index in [1.54, 1.807) is 25.1 Å². The molecule has 1 N–H and O–H groups in total. The average Bonchev–Trinajstić information content (AvgIpc) is 2.48. The molecule has 5 nitrogen and oxygen atoms in total. The van der Waals surface area contributed by atoms with Crippen LogP contribution in [0.25, 0.3) is 0 Å². The van der Waals surface area contributed by atoms with Crippen LogP contribution < -0.4 is 5.32 Å². The summed E-state index contributed by atoms with van der Waals surface area (Å²) in [5, 5.41) is 14.3. The van der Waals surface area contributed by atoms with Crippen molar-refractivity contribution in [3.63, 3.8) is 0 Å². The molecule has 0 atom stereocenters. The molecule has 0 aliphatic carbocycles. The number of nitrogens with zero attached hydrogens (tertiary/aromatic N) is 1. The van der Waals surface area contributed by atoms with Crippen molar-refractivity contribution in [2.45, 2.75) is 19.8 Å². The fraction of sp³-hybridized carbons (Fsp3) is 0.188. The minimum Gasteiger partial charge on any atom is -0.320 e. The zero-order chi connectivity index (χ0) is 16.1. The molecular weight excluding hydrogens is 304 g/mol. The smallest absolute Gasteiger partial charge is 0.293 e. The van der Waals surface area contributed by atoms with E-state index in [1.165, 1.54) is 6.07 Å². The lowest BCUT2D eigenvalue weighted by atomic mass is 10.1. The molecule has 22 heavy (non-hydrogen) atoms. The molecule has 0 spiro atoms. The second kappa shape index (κ2) is 7.04. The molecule has 2 aromatic rings. The van der Waals surface area contributed by atoms with Crippen molar-refractivity contribution < 1.29 is 9.72 Å². The van der Waals surface area contributed by atoms with Crippen molar-refractivity contribution in [2.24, 2.45) is 0 Å². The van der Waals surface area contributed by atoms with Crippen LogP contribution in [0.2, 0.25) is 5.02 Å². The van der Waals surface area contributed by atoms with E-state index < -0.39 is 4.92 Å². The van der Waals surface area contributed by atoms with E-state index in [0.717, 1.165) is 5.56 Å². The first-order valence-corrected chi connectivity index (χ1v) is 7.14. The van der Waals surface area contributed by atoms with Gasteiger partial charge in [-0.15, -0.1) is 0 Å². The van der Waals surface area contributed by atoms with Crippen molar-refractivity contribution >= 4 is 28.9 Å². The number of hydrogen-bond donors (Lipinski definition) is 1. The molecule has 0 aliphatic rings. The second-order valence-corrected chi connectivity index (χ2v) is 5.27. The molecule has 0 unspecified atom stereocenters. The molecule has 0 aromatic heterocycles. The Bertz CT molecular complexity index is 716. The van der Waals surface area contributed by atoms with Crippen LogP contribution in [0.15, 0.2) is 42.5 Å². The third kappa shape index (κ3) is 3.83. The summed E-state index contributed by atoms with van der Waals surface area (Å²) >= 11 is 6.04. The largest absolute Gasteiger partial charge is 0.320 e. The number of nitro benzene ring substituents is 1. The summed E-state index contributed by atoms with van der Waals surface area (Å²) in [5.74, 6) is -0.280. The highest BCUT2D eigenvalue weighted by molar-refractivity contribution is 6.31. The highest BCUT2D eigenvalue weighted by atomic mass is 35.5. The predicted molar refractivity (Wildman–Crippen MR) is 86.2 cm³/mol. The van der Waals surface area contributed by atoms with Crippen LogP contribution in [0, 0.1) is 17.0 Å². The highest BCUT2D eigenvalue weighted by Crippen LogP contribution is 2.28. The maximum Gasteiger partial charge on any atom is 0.293 e. The number of anilines is 1. The van der Waals surface area contributed by atoms with Gasteiger partial charge in [-0.3, -0.25) is 14.9 Å². The SMILES string of the molecule is Cc1cccc([N+](=O)[O-])c1NC(=O)CCc1ccccc1Cl. The number of amides is 1. The van der Waals surface area contributed by atoms with Gasteiger partial charge in [-0.25, -0.2) is 0 Å². The number of nitro groups is 1. The van der Waals surface area contributed by atoms with E-state index in [2.05, 4.69) is 5.32 Å². The van der Waals surface area contributed by atoms with Gasteiger partial charge in [0.15, 0.2) is 0 Å². The maximum atomic E-state index is 12.0. The average molecular weight is 319 g/mol. The van der Waals surface area contributed by atoms with Crippen LogP contribution in [-0.4, -0.2) is 10.8 Å². The van der Waals surface area contributed by atoms with Crippen molar-refractivity contribution in [3.8, 4) is 0 Å². The molecule has 0 radical (unpaired) electrons. The second-order valence-electron chi connectivity index (χ2n) is 4.87. The van der Waals surface area contributed by atoms with Crippen molar-refractivity contribution in [1.29, 1.82) is 0 Å². The van der Waals surface area contributed by atoms with E-state index in [9.17, 15) is 14.9 Å². The van der Waals surface area contributed by atoms with Crippen molar-refractivity contribution in [3.05, 3.63) is 68.7 Å². The molecule has 0 saturated carbocycles. The number of aryl methyl sites for hydroxylation is 2.